The van der Waals surface area contributed by atoms with Gasteiger partial charge in [-0.2, -0.15) is 0 Å². The number of carbonyl (C=O) groups is 1. The Labute approximate surface area is 124 Å². The van der Waals surface area contributed by atoms with Crippen LogP contribution in [0.4, 0.5) is 5.82 Å². The molecule has 1 aromatic heterocycles. The molecular formula is C15H22N4O2. The Balaban J connectivity index is 1.69. The van der Waals surface area contributed by atoms with Gasteiger partial charge in [-0.25, -0.2) is 4.98 Å². The third-order valence-electron chi connectivity index (χ3n) is 4.20. The van der Waals surface area contributed by atoms with Crippen LogP contribution in [-0.4, -0.2) is 39.5 Å². The van der Waals surface area contributed by atoms with Crippen LogP contribution in [0.1, 0.15) is 45.1 Å². The van der Waals surface area contributed by atoms with Gasteiger partial charge in [-0.3, -0.25) is 9.59 Å². The summed E-state index contributed by atoms with van der Waals surface area (Å²) in [5.41, 5.74) is -0.127. The third-order valence-corrected chi connectivity index (χ3v) is 4.20. The predicted octanol–water partition coefficient (Wildman–Crippen LogP) is 1.39. The lowest BCUT2D eigenvalue weighted by Gasteiger charge is -2.29. The van der Waals surface area contributed by atoms with Crippen LogP contribution in [-0.2, 0) is 4.79 Å². The van der Waals surface area contributed by atoms with E-state index in [4.69, 9.17) is 0 Å². The van der Waals surface area contributed by atoms with Crippen LogP contribution in [0, 0.1) is 0 Å². The molecule has 21 heavy (non-hydrogen) atoms. The van der Waals surface area contributed by atoms with Gasteiger partial charge < -0.3 is 14.8 Å². The number of hydrogen-bond acceptors (Lipinski definition) is 4. The minimum Gasteiger partial charge on any atom is -0.354 e. The number of aromatic nitrogens is 2. The number of nitrogens with zero attached hydrogens (tertiary/aromatic N) is 3. The van der Waals surface area contributed by atoms with Gasteiger partial charge in [0.2, 0.25) is 5.91 Å². The van der Waals surface area contributed by atoms with Crippen molar-refractivity contribution in [3.63, 3.8) is 0 Å². The van der Waals surface area contributed by atoms with Gasteiger partial charge in [0.05, 0.1) is 0 Å². The van der Waals surface area contributed by atoms with Gasteiger partial charge in [-0.1, -0.05) is 0 Å². The lowest BCUT2D eigenvalue weighted by Crippen LogP contribution is -2.44. The second kappa shape index (κ2) is 5.87. The molecule has 6 heteroatoms. The minimum absolute atomic E-state index is 0.0534. The van der Waals surface area contributed by atoms with E-state index >= 15 is 0 Å². The number of likely N-dealkylation sites (tertiary alicyclic amines) is 1. The fourth-order valence-corrected chi connectivity index (χ4v) is 2.82. The molecule has 2 aliphatic rings. The summed E-state index contributed by atoms with van der Waals surface area (Å²) in [5, 5.41) is 2.99. The van der Waals surface area contributed by atoms with Crippen LogP contribution < -0.4 is 10.9 Å². The lowest BCUT2D eigenvalue weighted by molar-refractivity contribution is -0.132. The molecule has 0 aromatic carbocycles. The first-order valence-electron chi connectivity index (χ1n) is 7.79. The molecule has 1 aromatic rings. The smallest absolute Gasteiger partial charge is 0.293 e. The van der Waals surface area contributed by atoms with Crippen LogP contribution in [0.25, 0.3) is 0 Å². The highest BCUT2D eigenvalue weighted by Gasteiger charge is 2.27. The highest BCUT2D eigenvalue weighted by molar-refractivity contribution is 5.84. The molecule has 1 aliphatic carbocycles. The average Bonchev–Trinajstić information content (AvgIpc) is 3.34. The molecule has 1 N–H and O–H groups in total. The highest BCUT2D eigenvalue weighted by atomic mass is 16.2. The molecular weight excluding hydrogens is 268 g/mol. The molecule has 6 nitrogen and oxygen atoms in total. The van der Waals surface area contributed by atoms with Crippen molar-refractivity contribution in [3.8, 4) is 0 Å². The first-order chi connectivity index (χ1) is 10.2. The Hall–Kier alpha value is -1.85. The largest absolute Gasteiger partial charge is 0.354 e. The Morgan fingerprint density at radius 1 is 1.33 bits per heavy atom. The summed E-state index contributed by atoms with van der Waals surface area (Å²) in [6, 6.07) is -0.104. The fourth-order valence-electron chi connectivity index (χ4n) is 2.82. The van der Waals surface area contributed by atoms with Gasteiger partial charge in [-0.05, 0) is 39.0 Å². The van der Waals surface area contributed by atoms with Crippen LogP contribution in [0.2, 0.25) is 0 Å². The quantitative estimate of drug-likeness (QED) is 0.910. The van der Waals surface area contributed by atoms with E-state index in [2.05, 4.69) is 10.3 Å². The molecule has 114 valence electrons. The van der Waals surface area contributed by atoms with Crippen LogP contribution >= 0.6 is 0 Å². The van der Waals surface area contributed by atoms with E-state index in [0.717, 1.165) is 38.8 Å². The second-order valence-corrected chi connectivity index (χ2v) is 5.97. The van der Waals surface area contributed by atoms with Crippen molar-refractivity contribution in [2.45, 2.75) is 51.1 Å². The molecule has 1 saturated carbocycles. The number of piperidine rings is 1. The predicted molar refractivity (Wildman–Crippen MR) is 80.3 cm³/mol. The van der Waals surface area contributed by atoms with Gasteiger partial charge in [0, 0.05) is 31.5 Å². The van der Waals surface area contributed by atoms with Gasteiger partial charge in [0.1, 0.15) is 6.04 Å². The van der Waals surface area contributed by atoms with Gasteiger partial charge >= 0.3 is 0 Å². The Bertz CT molecular complexity index is 573. The Morgan fingerprint density at radius 3 is 2.71 bits per heavy atom. The Kier molecular flexibility index (Phi) is 3.94. The normalized spacial score (nSPS) is 20.1. The maximum absolute atomic E-state index is 12.4. The molecule has 1 atom stereocenters. The zero-order valence-electron chi connectivity index (χ0n) is 12.4. The number of nitrogens with one attached hydrogen (secondary N) is 1. The molecule has 0 radical (unpaired) electrons. The number of hydrogen-bond donors (Lipinski definition) is 1. The summed E-state index contributed by atoms with van der Waals surface area (Å²) in [7, 11) is 0. The molecule has 1 saturated heterocycles. The molecule has 1 unspecified atom stereocenters. The van der Waals surface area contributed by atoms with E-state index in [1.54, 1.807) is 23.9 Å². The molecule has 2 heterocycles. The van der Waals surface area contributed by atoms with Crippen molar-refractivity contribution >= 4 is 11.7 Å². The molecule has 0 bridgehead atoms. The maximum Gasteiger partial charge on any atom is 0.293 e. The Morgan fingerprint density at radius 2 is 2.05 bits per heavy atom. The SMILES string of the molecule is CC(Nc1nccn(C2CC2)c1=O)C(=O)N1CCCCC1. The first kappa shape index (κ1) is 14.1. The van der Waals surface area contributed by atoms with E-state index in [9.17, 15) is 9.59 Å². The van der Waals surface area contributed by atoms with E-state index in [-0.39, 0.29) is 17.3 Å². The fraction of sp³-hybridized carbons (Fsp3) is 0.667. The summed E-state index contributed by atoms with van der Waals surface area (Å²) >= 11 is 0. The van der Waals surface area contributed by atoms with Crippen molar-refractivity contribution in [1.29, 1.82) is 0 Å². The number of anilines is 1. The summed E-state index contributed by atoms with van der Waals surface area (Å²) in [5.74, 6) is 0.333. The summed E-state index contributed by atoms with van der Waals surface area (Å²) in [4.78, 5) is 30.6. The van der Waals surface area contributed by atoms with E-state index < -0.39 is 6.04 Å². The summed E-state index contributed by atoms with van der Waals surface area (Å²) < 4.78 is 1.72. The summed E-state index contributed by atoms with van der Waals surface area (Å²) in [6.45, 7) is 3.44. The van der Waals surface area contributed by atoms with Crippen molar-refractivity contribution in [3.05, 3.63) is 22.7 Å². The topological polar surface area (TPSA) is 67.2 Å². The monoisotopic (exact) mass is 290 g/mol. The van der Waals surface area contributed by atoms with Crippen LogP contribution in [0.15, 0.2) is 17.2 Å². The van der Waals surface area contributed by atoms with Gasteiger partial charge in [0.25, 0.3) is 5.56 Å². The molecule has 2 fully saturated rings. The third kappa shape index (κ3) is 3.09. The highest BCUT2D eigenvalue weighted by Crippen LogP contribution is 2.33. The lowest BCUT2D eigenvalue weighted by atomic mass is 10.1. The molecule has 1 aliphatic heterocycles. The number of carbonyl (C=O) groups excluding carboxylic acids is 1. The van der Waals surface area contributed by atoms with E-state index in [0.29, 0.717) is 6.04 Å². The molecule has 1 amide bonds. The molecule has 3 rings (SSSR count). The standard InChI is InChI=1S/C15H22N4O2/c1-11(14(20)18-8-3-2-4-9-18)17-13-15(21)19(10-7-16-13)12-5-6-12/h7,10-12H,2-6,8-9H2,1H3,(H,16,17). The average molecular weight is 290 g/mol. The maximum atomic E-state index is 12.4. The zero-order valence-corrected chi connectivity index (χ0v) is 12.4. The number of amides is 1. The van der Waals surface area contributed by atoms with Gasteiger partial charge in [0.15, 0.2) is 5.82 Å². The van der Waals surface area contributed by atoms with Crippen molar-refractivity contribution < 1.29 is 4.79 Å². The summed E-state index contributed by atoms with van der Waals surface area (Å²) in [6.07, 6.45) is 8.77. The van der Waals surface area contributed by atoms with Crippen molar-refractivity contribution in [2.24, 2.45) is 0 Å². The van der Waals surface area contributed by atoms with Crippen LogP contribution in [0.3, 0.4) is 0 Å². The van der Waals surface area contributed by atoms with Crippen molar-refractivity contribution in [2.75, 3.05) is 18.4 Å². The van der Waals surface area contributed by atoms with Gasteiger partial charge in [-0.15, -0.1) is 0 Å². The minimum atomic E-state index is -0.418. The second-order valence-electron chi connectivity index (χ2n) is 5.97. The van der Waals surface area contributed by atoms with E-state index in [1.807, 2.05) is 4.90 Å². The zero-order chi connectivity index (χ0) is 14.8. The number of rotatable bonds is 4. The molecule has 0 spiro atoms. The van der Waals surface area contributed by atoms with Crippen molar-refractivity contribution in [1.82, 2.24) is 14.5 Å². The van der Waals surface area contributed by atoms with E-state index in [1.165, 1.54) is 6.42 Å². The van der Waals surface area contributed by atoms with Crippen LogP contribution in [0.5, 0.6) is 0 Å². The first-order valence-corrected chi connectivity index (χ1v) is 7.79.